The van der Waals surface area contributed by atoms with E-state index in [4.69, 9.17) is 4.74 Å². The van der Waals surface area contributed by atoms with Crippen molar-refractivity contribution in [1.29, 1.82) is 0 Å². The Morgan fingerprint density at radius 2 is 1.90 bits per heavy atom. The number of fused-ring (bicyclic) bond motifs is 1. The Balaban J connectivity index is 1.24. The highest BCUT2D eigenvalue weighted by atomic mass is 32.1. The molecule has 1 saturated heterocycles. The third-order valence-electron chi connectivity index (χ3n) is 6.97. The van der Waals surface area contributed by atoms with E-state index in [-0.39, 0.29) is 35.5 Å². The molecular formula is C26H28F3N5O4S. The van der Waals surface area contributed by atoms with Gasteiger partial charge >= 0.3 is 12.3 Å². The zero-order valence-corrected chi connectivity index (χ0v) is 21.7. The van der Waals surface area contributed by atoms with Crippen LogP contribution in [0.15, 0.2) is 36.7 Å². The largest absolute Gasteiger partial charge is 0.465 e. The van der Waals surface area contributed by atoms with Gasteiger partial charge in [-0.15, -0.1) is 11.3 Å². The van der Waals surface area contributed by atoms with Crippen molar-refractivity contribution in [3.05, 3.63) is 52.7 Å². The number of aromatic nitrogens is 2. The number of nitrogens with zero attached hydrogens (tertiary/aromatic N) is 3. The van der Waals surface area contributed by atoms with Gasteiger partial charge in [0, 0.05) is 29.1 Å². The van der Waals surface area contributed by atoms with E-state index in [1.54, 1.807) is 24.3 Å². The van der Waals surface area contributed by atoms with Gasteiger partial charge in [0.1, 0.15) is 17.0 Å². The molecule has 3 aromatic rings. The predicted octanol–water partition coefficient (Wildman–Crippen LogP) is 4.83. The van der Waals surface area contributed by atoms with Crippen molar-refractivity contribution >= 4 is 39.4 Å². The minimum Gasteiger partial charge on any atom is -0.465 e. The molecule has 2 amide bonds. The summed E-state index contributed by atoms with van der Waals surface area (Å²) in [6.07, 6.45) is -2.25. The highest BCUT2D eigenvalue weighted by molar-refractivity contribution is 7.18. The maximum atomic E-state index is 12.9. The van der Waals surface area contributed by atoms with Crippen molar-refractivity contribution in [3.8, 4) is 0 Å². The lowest BCUT2D eigenvalue weighted by atomic mass is 9.89. The summed E-state index contributed by atoms with van der Waals surface area (Å²) in [4.78, 5) is 35.0. The maximum Gasteiger partial charge on any atom is 0.407 e. The summed E-state index contributed by atoms with van der Waals surface area (Å²) in [6, 6.07) is 8.03. The van der Waals surface area contributed by atoms with E-state index in [9.17, 15) is 27.9 Å². The Labute approximate surface area is 226 Å². The summed E-state index contributed by atoms with van der Waals surface area (Å²) in [5, 5.41) is 16.7. The Kier molecular flexibility index (Phi) is 7.89. The summed E-state index contributed by atoms with van der Waals surface area (Å²) in [6.45, 7) is 1.18. The number of ether oxygens (including phenoxy) is 1. The lowest BCUT2D eigenvalue weighted by Crippen LogP contribution is -2.48. The van der Waals surface area contributed by atoms with Crippen LogP contribution in [0.2, 0.25) is 0 Å². The van der Waals surface area contributed by atoms with Gasteiger partial charge in [0.2, 0.25) is 0 Å². The predicted molar refractivity (Wildman–Crippen MR) is 139 cm³/mol. The summed E-state index contributed by atoms with van der Waals surface area (Å²) in [7, 11) is 0. The fourth-order valence-corrected chi connectivity index (χ4v) is 6.00. The number of benzene rings is 1. The van der Waals surface area contributed by atoms with Crippen LogP contribution in [0.4, 0.5) is 23.8 Å². The zero-order valence-electron chi connectivity index (χ0n) is 20.9. The van der Waals surface area contributed by atoms with Gasteiger partial charge in [-0.25, -0.2) is 14.8 Å². The van der Waals surface area contributed by atoms with Crippen LogP contribution in [-0.4, -0.2) is 69.5 Å². The van der Waals surface area contributed by atoms with Gasteiger partial charge < -0.3 is 25.4 Å². The molecule has 2 aliphatic rings. The molecule has 9 nitrogen and oxygen atoms in total. The quantitative estimate of drug-likeness (QED) is 0.360. The average Bonchev–Trinajstić information content (AvgIpc) is 3.27. The fraction of sp³-hybridized carbons (Fsp3) is 0.462. The number of carbonyl (C=O) groups is 2. The Morgan fingerprint density at radius 1 is 1.13 bits per heavy atom. The number of amides is 2. The van der Waals surface area contributed by atoms with Crippen LogP contribution in [0, 0.1) is 0 Å². The van der Waals surface area contributed by atoms with Gasteiger partial charge in [-0.2, -0.15) is 13.2 Å². The molecule has 0 radical (unpaired) electrons. The summed E-state index contributed by atoms with van der Waals surface area (Å²) >= 11 is 0.993. The van der Waals surface area contributed by atoms with Crippen molar-refractivity contribution in [2.24, 2.45) is 0 Å². The monoisotopic (exact) mass is 563 g/mol. The van der Waals surface area contributed by atoms with Crippen LogP contribution in [-0.2, 0) is 17.7 Å². The van der Waals surface area contributed by atoms with E-state index in [1.807, 2.05) is 0 Å². The van der Waals surface area contributed by atoms with Gasteiger partial charge in [0.25, 0.3) is 5.91 Å². The number of thiophene rings is 1. The minimum absolute atomic E-state index is 0.0210. The van der Waals surface area contributed by atoms with Gasteiger partial charge in [0.15, 0.2) is 0 Å². The second-order valence-electron chi connectivity index (χ2n) is 9.92. The summed E-state index contributed by atoms with van der Waals surface area (Å²) < 4.78 is 43.7. The van der Waals surface area contributed by atoms with E-state index < -0.39 is 18.7 Å². The lowest BCUT2D eigenvalue weighted by Gasteiger charge is -2.36. The number of carbonyl (C=O) groups excluding carboxylic acids is 1. The van der Waals surface area contributed by atoms with Crippen molar-refractivity contribution in [2.75, 3.05) is 18.5 Å². The number of hydrogen-bond acceptors (Lipinski definition) is 7. The number of halogens is 3. The molecule has 3 N–H and O–H groups in total. The van der Waals surface area contributed by atoms with Gasteiger partial charge in [-0.1, -0.05) is 12.1 Å². The molecule has 1 saturated carbocycles. The Morgan fingerprint density at radius 3 is 2.56 bits per heavy atom. The number of hydrogen-bond donors (Lipinski definition) is 3. The molecule has 1 aromatic carbocycles. The van der Waals surface area contributed by atoms with E-state index in [1.165, 1.54) is 17.3 Å². The molecule has 2 aromatic heterocycles. The van der Waals surface area contributed by atoms with Crippen molar-refractivity contribution in [3.63, 3.8) is 0 Å². The molecule has 5 rings (SSSR count). The SMILES string of the molecule is O=C(NC1COC1)c1ccc(CN(C(=O)O)[C@H]2CCC[C@@H](Nc3ncnc4sc(CC(F)(F)F)cc34)C2)cc1. The number of rotatable bonds is 8. The van der Waals surface area contributed by atoms with Crippen LogP contribution in [0.1, 0.15) is 46.5 Å². The summed E-state index contributed by atoms with van der Waals surface area (Å²) in [5.41, 5.74) is 1.27. The average molecular weight is 564 g/mol. The smallest absolute Gasteiger partial charge is 0.407 e. The standard InChI is InChI=1S/C26H28F3N5O4S/c27-26(28,29)10-20-9-21-22(30-14-31-24(21)39-20)32-17-2-1-3-19(8-17)34(25(36)37)11-15-4-6-16(7-5-15)23(35)33-18-12-38-13-18/h4-7,9,14,17-19H,1-3,8,10-13H2,(H,33,35)(H,36,37)(H,30,31,32)/t17-,19+/m1/s1. The first-order chi connectivity index (χ1) is 18.6. The normalized spacial score (nSPS) is 19.9. The molecule has 1 aliphatic carbocycles. The van der Waals surface area contributed by atoms with Gasteiger partial charge in [-0.3, -0.25) is 4.79 Å². The molecule has 2 atom stereocenters. The molecule has 0 bridgehead atoms. The fourth-order valence-electron chi connectivity index (χ4n) is 4.98. The van der Waals surface area contributed by atoms with Crippen molar-refractivity contribution in [1.82, 2.24) is 20.2 Å². The van der Waals surface area contributed by atoms with Gasteiger partial charge in [0.05, 0.1) is 31.1 Å². The molecular weight excluding hydrogens is 535 g/mol. The molecule has 39 heavy (non-hydrogen) atoms. The van der Waals surface area contributed by atoms with Crippen LogP contribution in [0.25, 0.3) is 10.2 Å². The molecule has 1 aliphatic heterocycles. The number of nitrogens with one attached hydrogen (secondary N) is 2. The number of anilines is 1. The molecule has 0 unspecified atom stereocenters. The number of alkyl halides is 3. The van der Waals surface area contributed by atoms with Crippen molar-refractivity contribution in [2.45, 2.75) is 63.0 Å². The molecule has 13 heteroatoms. The molecule has 3 heterocycles. The van der Waals surface area contributed by atoms with Crippen LogP contribution in [0.5, 0.6) is 0 Å². The minimum atomic E-state index is -4.31. The summed E-state index contributed by atoms with van der Waals surface area (Å²) in [5.74, 6) is 0.264. The zero-order chi connectivity index (χ0) is 27.6. The van der Waals surface area contributed by atoms with E-state index >= 15 is 0 Å². The maximum absolute atomic E-state index is 12.9. The first-order valence-electron chi connectivity index (χ1n) is 12.7. The molecule has 2 fully saturated rings. The Bertz CT molecular complexity index is 1330. The van der Waals surface area contributed by atoms with E-state index in [2.05, 4.69) is 20.6 Å². The third-order valence-corrected chi connectivity index (χ3v) is 8.01. The first-order valence-corrected chi connectivity index (χ1v) is 13.5. The van der Waals surface area contributed by atoms with Gasteiger partial charge in [-0.05, 0) is 49.4 Å². The van der Waals surface area contributed by atoms with Crippen LogP contribution < -0.4 is 10.6 Å². The third kappa shape index (κ3) is 6.77. The molecule has 208 valence electrons. The van der Waals surface area contributed by atoms with Crippen LogP contribution in [0.3, 0.4) is 0 Å². The number of carboxylic acid groups (broad SMARTS) is 1. The van der Waals surface area contributed by atoms with E-state index in [0.29, 0.717) is 47.7 Å². The first kappa shape index (κ1) is 27.1. The highest BCUT2D eigenvalue weighted by Crippen LogP contribution is 2.34. The second-order valence-corrected chi connectivity index (χ2v) is 11.0. The van der Waals surface area contributed by atoms with E-state index in [0.717, 1.165) is 29.7 Å². The second kappa shape index (κ2) is 11.3. The lowest BCUT2D eigenvalue weighted by molar-refractivity contribution is -0.126. The van der Waals surface area contributed by atoms with Crippen LogP contribution >= 0.6 is 11.3 Å². The molecule has 0 spiro atoms. The van der Waals surface area contributed by atoms with Crippen molar-refractivity contribution < 1.29 is 32.6 Å². The topological polar surface area (TPSA) is 117 Å². The highest BCUT2D eigenvalue weighted by Gasteiger charge is 2.31. The Hall–Kier alpha value is -3.45.